The van der Waals surface area contributed by atoms with Crippen molar-refractivity contribution in [3.8, 4) is 22.0 Å². The minimum Gasteiger partial charge on any atom is -0.469 e. The van der Waals surface area contributed by atoms with Crippen LogP contribution in [0.25, 0.3) is 22.0 Å². The molecule has 4 aromatic rings. The average molecular weight is 403 g/mol. The third-order valence-corrected chi connectivity index (χ3v) is 6.25. The molecule has 0 amide bonds. The van der Waals surface area contributed by atoms with Gasteiger partial charge in [0, 0.05) is 23.7 Å². The fraction of sp³-hybridized carbons (Fsp3) is 0.167. The molecule has 3 aromatic heterocycles. The maximum Gasteiger partial charge on any atom is 0.191 e. The maximum absolute atomic E-state index is 6.26. The lowest BCUT2D eigenvalue weighted by molar-refractivity contribution is 0.534. The molecule has 4 rings (SSSR count). The van der Waals surface area contributed by atoms with Crippen molar-refractivity contribution in [1.82, 2.24) is 19.7 Å². The van der Waals surface area contributed by atoms with E-state index in [2.05, 4.69) is 15.6 Å². The molecule has 0 N–H and O–H groups in total. The SMILES string of the molecule is Cc1occc1-c1nnc(SCc2csc(-c3ccccc3Cl)n2)n1C. The zero-order valence-electron chi connectivity index (χ0n) is 14.1. The summed E-state index contributed by atoms with van der Waals surface area (Å²) in [5.74, 6) is 2.35. The van der Waals surface area contributed by atoms with Crippen LogP contribution in [0.2, 0.25) is 5.02 Å². The van der Waals surface area contributed by atoms with E-state index in [-0.39, 0.29) is 0 Å². The molecule has 3 heterocycles. The molecule has 0 radical (unpaired) electrons. The van der Waals surface area contributed by atoms with Gasteiger partial charge in [-0.05, 0) is 19.1 Å². The van der Waals surface area contributed by atoms with E-state index in [9.17, 15) is 0 Å². The molecule has 0 saturated carbocycles. The summed E-state index contributed by atoms with van der Waals surface area (Å²) < 4.78 is 7.34. The van der Waals surface area contributed by atoms with E-state index in [0.717, 1.165) is 49.3 Å². The van der Waals surface area contributed by atoms with Gasteiger partial charge in [-0.25, -0.2) is 4.98 Å². The van der Waals surface area contributed by atoms with Crippen LogP contribution in [0.15, 0.2) is 51.5 Å². The topological polar surface area (TPSA) is 56.7 Å². The zero-order chi connectivity index (χ0) is 18.1. The Hall–Kier alpha value is -2.09. The first-order chi connectivity index (χ1) is 12.6. The molecular weight excluding hydrogens is 388 g/mol. The van der Waals surface area contributed by atoms with Gasteiger partial charge in [-0.3, -0.25) is 0 Å². The van der Waals surface area contributed by atoms with Gasteiger partial charge in [0.25, 0.3) is 0 Å². The Labute approximate surface area is 164 Å². The average Bonchev–Trinajstić information content (AvgIpc) is 3.34. The lowest BCUT2D eigenvalue weighted by atomic mass is 10.2. The van der Waals surface area contributed by atoms with E-state index < -0.39 is 0 Å². The molecule has 0 fully saturated rings. The number of furan rings is 1. The first-order valence-electron chi connectivity index (χ1n) is 7.89. The Morgan fingerprint density at radius 2 is 2.04 bits per heavy atom. The fourth-order valence-electron chi connectivity index (χ4n) is 2.56. The number of hydrogen-bond acceptors (Lipinski definition) is 6. The third-order valence-electron chi connectivity index (χ3n) is 3.94. The summed E-state index contributed by atoms with van der Waals surface area (Å²) in [7, 11) is 1.96. The van der Waals surface area contributed by atoms with E-state index in [0.29, 0.717) is 0 Å². The molecule has 1 aromatic carbocycles. The second-order valence-electron chi connectivity index (χ2n) is 5.67. The van der Waals surface area contributed by atoms with Crippen molar-refractivity contribution in [2.45, 2.75) is 17.8 Å². The van der Waals surface area contributed by atoms with Gasteiger partial charge in [0.2, 0.25) is 0 Å². The molecule has 8 heteroatoms. The van der Waals surface area contributed by atoms with E-state index in [1.807, 2.05) is 48.9 Å². The molecule has 0 spiro atoms. The highest BCUT2D eigenvalue weighted by atomic mass is 35.5. The first-order valence-corrected chi connectivity index (χ1v) is 10.1. The summed E-state index contributed by atoms with van der Waals surface area (Å²) in [6.45, 7) is 1.92. The molecule has 26 heavy (non-hydrogen) atoms. The minimum atomic E-state index is 0.717. The van der Waals surface area contributed by atoms with Gasteiger partial charge in [-0.2, -0.15) is 0 Å². The van der Waals surface area contributed by atoms with Crippen LogP contribution in [0.5, 0.6) is 0 Å². The molecule has 0 unspecified atom stereocenters. The summed E-state index contributed by atoms with van der Waals surface area (Å²) >= 11 is 9.46. The predicted octanol–water partition coefficient (Wildman–Crippen LogP) is 5.45. The number of aryl methyl sites for hydroxylation is 1. The van der Waals surface area contributed by atoms with Crippen molar-refractivity contribution in [2.75, 3.05) is 0 Å². The number of nitrogens with zero attached hydrogens (tertiary/aromatic N) is 4. The highest BCUT2D eigenvalue weighted by Crippen LogP contribution is 2.32. The quantitative estimate of drug-likeness (QED) is 0.415. The summed E-state index contributed by atoms with van der Waals surface area (Å²) in [6.07, 6.45) is 1.66. The standard InChI is InChI=1S/C18H15ClN4OS2/c1-11-13(7-8-24-11)16-21-22-18(23(16)2)26-10-12-9-25-17(20-12)14-5-3-4-6-15(14)19/h3-9H,10H2,1-2H3. The molecule has 5 nitrogen and oxygen atoms in total. The fourth-order valence-corrected chi connectivity index (χ4v) is 4.61. The summed E-state index contributed by atoms with van der Waals surface area (Å²) in [5, 5.41) is 13.1. The normalized spacial score (nSPS) is 11.2. The Bertz CT molecular complexity index is 1050. The third kappa shape index (κ3) is 3.30. The predicted molar refractivity (Wildman–Crippen MR) is 106 cm³/mol. The van der Waals surface area contributed by atoms with Crippen molar-refractivity contribution in [2.24, 2.45) is 7.05 Å². The second kappa shape index (κ2) is 7.26. The smallest absolute Gasteiger partial charge is 0.191 e. The van der Waals surface area contributed by atoms with E-state index in [1.54, 1.807) is 29.4 Å². The Kier molecular flexibility index (Phi) is 4.84. The van der Waals surface area contributed by atoms with E-state index in [1.165, 1.54) is 0 Å². The van der Waals surface area contributed by atoms with Crippen molar-refractivity contribution >= 4 is 34.7 Å². The van der Waals surface area contributed by atoms with E-state index >= 15 is 0 Å². The van der Waals surface area contributed by atoms with Crippen LogP contribution in [-0.4, -0.2) is 19.7 Å². The molecule has 0 aliphatic heterocycles. The van der Waals surface area contributed by atoms with Gasteiger partial charge in [0.15, 0.2) is 11.0 Å². The lowest BCUT2D eigenvalue weighted by Gasteiger charge is -2.02. The van der Waals surface area contributed by atoms with Crippen molar-refractivity contribution < 1.29 is 4.42 Å². The minimum absolute atomic E-state index is 0.717. The lowest BCUT2D eigenvalue weighted by Crippen LogP contribution is -1.95. The highest BCUT2D eigenvalue weighted by Gasteiger charge is 2.15. The van der Waals surface area contributed by atoms with Crippen molar-refractivity contribution in [1.29, 1.82) is 0 Å². The number of thioether (sulfide) groups is 1. The van der Waals surface area contributed by atoms with Crippen molar-refractivity contribution in [3.63, 3.8) is 0 Å². The number of aromatic nitrogens is 4. The van der Waals surface area contributed by atoms with Crippen LogP contribution < -0.4 is 0 Å². The number of thiazole rings is 1. The van der Waals surface area contributed by atoms with E-state index in [4.69, 9.17) is 21.0 Å². The van der Waals surface area contributed by atoms with Crippen LogP contribution >= 0.6 is 34.7 Å². The number of halogens is 1. The second-order valence-corrected chi connectivity index (χ2v) is 7.88. The Morgan fingerprint density at radius 1 is 1.19 bits per heavy atom. The van der Waals surface area contributed by atoms with Crippen LogP contribution in [-0.2, 0) is 12.8 Å². The maximum atomic E-state index is 6.26. The summed E-state index contributed by atoms with van der Waals surface area (Å²) in [5.41, 5.74) is 2.92. The Morgan fingerprint density at radius 3 is 2.81 bits per heavy atom. The van der Waals surface area contributed by atoms with Gasteiger partial charge >= 0.3 is 0 Å². The summed E-state index contributed by atoms with van der Waals surface area (Å²) in [4.78, 5) is 4.70. The van der Waals surface area contributed by atoms with Crippen LogP contribution in [0.4, 0.5) is 0 Å². The van der Waals surface area contributed by atoms with Gasteiger partial charge < -0.3 is 8.98 Å². The van der Waals surface area contributed by atoms with Crippen LogP contribution in [0.3, 0.4) is 0 Å². The molecule has 132 valence electrons. The first kappa shape index (κ1) is 17.3. The van der Waals surface area contributed by atoms with Gasteiger partial charge in [-0.1, -0.05) is 41.6 Å². The summed E-state index contributed by atoms with van der Waals surface area (Å²) in [6, 6.07) is 9.66. The highest BCUT2D eigenvalue weighted by molar-refractivity contribution is 7.98. The van der Waals surface area contributed by atoms with Gasteiger partial charge in [-0.15, -0.1) is 21.5 Å². The molecule has 0 aliphatic carbocycles. The Balaban J connectivity index is 1.50. The monoisotopic (exact) mass is 402 g/mol. The number of rotatable bonds is 5. The van der Waals surface area contributed by atoms with Crippen LogP contribution in [0.1, 0.15) is 11.5 Å². The van der Waals surface area contributed by atoms with Gasteiger partial charge in [0.1, 0.15) is 10.8 Å². The largest absolute Gasteiger partial charge is 0.469 e. The molecule has 0 atom stereocenters. The van der Waals surface area contributed by atoms with Gasteiger partial charge in [0.05, 0.1) is 22.5 Å². The number of benzene rings is 1. The van der Waals surface area contributed by atoms with Crippen LogP contribution in [0, 0.1) is 6.92 Å². The van der Waals surface area contributed by atoms with Crippen molar-refractivity contribution in [3.05, 3.63) is 58.5 Å². The zero-order valence-corrected chi connectivity index (χ0v) is 16.5. The molecule has 0 bridgehead atoms. The molecule has 0 saturated heterocycles. The molecule has 0 aliphatic rings. The molecular formula is C18H15ClN4OS2. The number of hydrogen-bond donors (Lipinski definition) is 0.